The Morgan fingerprint density at radius 3 is 2.67 bits per heavy atom. The van der Waals surface area contributed by atoms with Crippen molar-refractivity contribution in [2.75, 3.05) is 11.9 Å². The van der Waals surface area contributed by atoms with E-state index >= 15 is 0 Å². The molecule has 2 aromatic heterocycles. The molecule has 2 amide bonds. The summed E-state index contributed by atoms with van der Waals surface area (Å²) >= 11 is 0. The first kappa shape index (κ1) is 18.1. The lowest BCUT2D eigenvalue weighted by molar-refractivity contribution is -0.136. The van der Waals surface area contributed by atoms with Crippen LogP contribution in [0.3, 0.4) is 0 Å². The molecule has 0 saturated heterocycles. The van der Waals surface area contributed by atoms with E-state index in [4.69, 9.17) is 4.74 Å². The maximum atomic E-state index is 12.0. The molecule has 2 heterocycles. The van der Waals surface area contributed by atoms with E-state index in [9.17, 15) is 9.59 Å². The quantitative estimate of drug-likeness (QED) is 0.620. The predicted molar refractivity (Wildman–Crippen MR) is 98.9 cm³/mol. The van der Waals surface area contributed by atoms with Crippen molar-refractivity contribution < 1.29 is 14.3 Å². The van der Waals surface area contributed by atoms with E-state index in [1.807, 2.05) is 12.3 Å². The molecular formula is C19H19N5O3. The molecule has 27 heavy (non-hydrogen) atoms. The number of hydrogen-bond acceptors (Lipinski definition) is 5. The van der Waals surface area contributed by atoms with E-state index < -0.39 is 11.8 Å². The number of pyridine rings is 1. The van der Waals surface area contributed by atoms with Crippen molar-refractivity contribution in [1.82, 2.24) is 20.1 Å². The van der Waals surface area contributed by atoms with Crippen LogP contribution in [0.25, 0.3) is 0 Å². The first-order valence-corrected chi connectivity index (χ1v) is 8.39. The van der Waals surface area contributed by atoms with Crippen molar-refractivity contribution in [2.24, 2.45) is 0 Å². The average molecular weight is 365 g/mol. The molecule has 0 bridgehead atoms. The van der Waals surface area contributed by atoms with Crippen LogP contribution < -0.4 is 15.4 Å². The number of nitrogens with one attached hydrogen (secondary N) is 2. The minimum absolute atomic E-state index is 0.255. The van der Waals surface area contributed by atoms with Crippen molar-refractivity contribution in [1.29, 1.82) is 0 Å². The third-order valence-corrected chi connectivity index (χ3v) is 3.65. The standard InChI is InChI=1S/C19H19N5O3/c25-18(21-14-15-5-8-20-9-6-15)19(26)23-16-3-1-4-17(13-16)27-12-11-24-10-2-7-22-24/h1-10,13H,11-12,14H2,(H,21,25)(H,23,26). The Kier molecular flexibility index (Phi) is 6.13. The third-order valence-electron chi connectivity index (χ3n) is 3.65. The summed E-state index contributed by atoms with van der Waals surface area (Å²) in [5.74, 6) is -0.855. The Bertz CT molecular complexity index is 881. The summed E-state index contributed by atoms with van der Waals surface area (Å²) in [6.45, 7) is 1.30. The molecule has 0 saturated carbocycles. The highest BCUT2D eigenvalue weighted by Gasteiger charge is 2.13. The molecule has 0 aliphatic rings. The molecule has 2 N–H and O–H groups in total. The number of hydrogen-bond donors (Lipinski definition) is 2. The van der Waals surface area contributed by atoms with E-state index in [1.54, 1.807) is 59.7 Å². The lowest BCUT2D eigenvalue weighted by Gasteiger charge is -2.09. The summed E-state index contributed by atoms with van der Waals surface area (Å²) in [6, 6.07) is 12.3. The zero-order valence-electron chi connectivity index (χ0n) is 14.5. The van der Waals surface area contributed by atoms with Gasteiger partial charge in [-0.1, -0.05) is 6.07 Å². The van der Waals surface area contributed by atoms with Gasteiger partial charge in [-0.05, 0) is 35.9 Å². The molecular weight excluding hydrogens is 346 g/mol. The van der Waals surface area contributed by atoms with Crippen LogP contribution in [0.2, 0.25) is 0 Å². The van der Waals surface area contributed by atoms with Crippen molar-refractivity contribution in [3.05, 3.63) is 72.8 Å². The minimum atomic E-state index is -0.738. The molecule has 0 unspecified atom stereocenters. The van der Waals surface area contributed by atoms with Gasteiger partial charge < -0.3 is 15.4 Å². The smallest absolute Gasteiger partial charge is 0.313 e. The topological polar surface area (TPSA) is 98.1 Å². The van der Waals surface area contributed by atoms with Gasteiger partial charge >= 0.3 is 11.8 Å². The fourth-order valence-corrected chi connectivity index (χ4v) is 2.30. The van der Waals surface area contributed by atoms with Gasteiger partial charge in [0.15, 0.2) is 0 Å². The fraction of sp³-hybridized carbons (Fsp3) is 0.158. The third kappa shape index (κ3) is 5.67. The fourth-order valence-electron chi connectivity index (χ4n) is 2.30. The lowest BCUT2D eigenvalue weighted by Crippen LogP contribution is -2.34. The van der Waals surface area contributed by atoms with Gasteiger partial charge in [-0.2, -0.15) is 5.10 Å². The average Bonchev–Trinajstić information content (AvgIpc) is 3.21. The number of carbonyl (C=O) groups excluding carboxylic acids is 2. The molecule has 0 fully saturated rings. The first-order valence-electron chi connectivity index (χ1n) is 8.39. The van der Waals surface area contributed by atoms with E-state index in [2.05, 4.69) is 20.7 Å². The zero-order chi connectivity index (χ0) is 18.9. The van der Waals surface area contributed by atoms with Crippen molar-refractivity contribution in [3.8, 4) is 5.75 Å². The lowest BCUT2D eigenvalue weighted by atomic mass is 10.2. The number of aromatic nitrogens is 3. The zero-order valence-corrected chi connectivity index (χ0v) is 14.5. The second kappa shape index (κ2) is 9.14. The van der Waals surface area contributed by atoms with Crippen LogP contribution in [0.15, 0.2) is 67.3 Å². The second-order valence-corrected chi connectivity index (χ2v) is 5.64. The molecule has 1 aromatic carbocycles. The molecule has 138 valence electrons. The largest absolute Gasteiger partial charge is 0.492 e. The number of rotatable bonds is 7. The summed E-state index contributed by atoms with van der Waals surface area (Å²) in [7, 11) is 0. The number of ether oxygens (including phenoxy) is 1. The normalized spacial score (nSPS) is 10.2. The number of anilines is 1. The summed E-state index contributed by atoms with van der Waals surface area (Å²) in [4.78, 5) is 27.9. The molecule has 0 radical (unpaired) electrons. The minimum Gasteiger partial charge on any atom is -0.492 e. The highest BCUT2D eigenvalue weighted by molar-refractivity contribution is 6.39. The van der Waals surface area contributed by atoms with E-state index in [1.165, 1.54) is 0 Å². The molecule has 0 aliphatic carbocycles. The Morgan fingerprint density at radius 2 is 1.89 bits per heavy atom. The Morgan fingerprint density at radius 1 is 1.04 bits per heavy atom. The Labute approximate surface area is 156 Å². The van der Waals surface area contributed by atoms with Gasteiger partial charge in [0.1, 0.15) is 12.4 Å². The molecule has 3 aromatic rings. The molecule has 0 spiro atoms. The maximum Gasteiger partial charge on any atom is 0.313 e. The number of amides is 2. The van der Waals surface area contributed by atoms with Crippen LogP contribution >= 0.6 is 0 Å². The van der Waals surface area contributed by atoms with Crippen molar-refractivity contribution >= 4 is 17.5 Å². The van der Waals surface area contributed by atoms with Gasteiger partial charge in [0.25, 0.3) is 0 Å². The van der Waals surface area contributed by atoms with Gasteiger partial charge in [0, 0.05) is 43.1 Å². The van der Waals surface area contributed by atoms with Crippen LogP contribution in [0, 0.1) is 0 Å². The van der Waals surface area contributed by atoms with Crippen molar-refractivity contribution in [2.45, 2.75) is 13.1 Å². The van der Waals surface area contributed by atoms with Crippen LogP contribution in [0.5, 0.6) is 5.75 Å². The van der Waals surface area contributed by atoms with Gasteiger partial charge in [0.2, 0.25) is 0 Å². The van der Waals surface area contributed by atoms with Gasteiger partial charge in [-0.25, -0.2) is 0 Å². The summed E-state index contributed by atoms with van der Waals surface area (Å²) in [6.07, 6.45) is 6.80. The highest BCUT2D eigenvalue weighted by Crippen LogP contribution is 2.17. The number of benzene rings is 1. The number of nitrogens with zero attached hydrogens (tertiary/aromatic N) is 3. The molecule has 0 atom stereocenters. The van der Waals surface area contributed by atoms with Crippen LogP contribution in [-0.4, -0.2) is 33.2 Å². The first-order chi connectivity index (χ1) is 13.2. The van der Waals surface area contributed by atoms with Crippen LogP contribution in [0.1, 0.15) is 5.56 Å². The molecule has 0 aliphatic heterocycles. The summed E-state index contributed by atoms with van der Waals surface area (Å²) < 4.78 is 7.41. The van der Waals surface area contributed by atoms with Gasteiger partial charge in [-0.15, -0.1) is 0 Å². The van der Waals surface area contributed by atoms with Gasteiger partial charge in [-0.3, -0.25) is 19.3 Å². The monoisotopic (exact) mass is 365 g/mol. The second-order valence-electron chi connectivity index (χ2n) is 5.64. The maximum absolute atomic E-state index is 12.0. The van der Waals surface area contributed by atoms with E-state index in [0.29, 0.717) is 24.6 Å². The summed E-state index contributed by atoms with van der Waals surface area (Å²) in [5, 5.41) is 9.22. The predicted octanol–water partition coefficient (Wildman–Crippen LogP) is 1.61. The van der Waals surface area contributed by atoms with E-state index in [0.717, 1.165) is 5.56 Å². The molecule has 8 nitrogen and oxygen atoms in total. The number of carbonyl (C=O) groups is 2. The SMILES string of the molecule is O=C(NCc1ccncc1)C(=O)Nc1cccc(OCCn2cccn2)c1. The molecule has 8 heteroatoms. The van der Waals surface area contributed by atoms with Crippen molar-refractivity contribution in [3.63, 3.8) is 0 Å². The van der Waals surface area contributed by atoms with Crippen LogP contribution in [0.4, 0.5) is 5.69 Å². The Balaban J connectivity index is 1.47. The summed E-state index contributed by atoms with van der Waals surface area (Å²) in [5.41, 5.74) is 1.34. The molecule has 3 rings (SSSR count). The highest BCUT2D eigenvalue weighted by atomic mass is 16.5. The van der Waals surface area contributed by atoms with Crippen LogP contribution in [-0.2, 0) is 22.7 Å². The van der Waals surface area contributed by atoms with E-state index in [-0.39, 0.29) is 6.54 Å². The Hall–Kier alpha value is -3.68. The van der Waals surface area contributed by atoms with Gasteiger partial charge in [0.05, 0.1) is 6.54 Å².